The van der Waals surface area contributed by atoms with E-state index in [9.17, 15) is 27.6 Å². The second kappa shape index (κ2) is 20.4. The van der Waals surface area contributed by atoms with Gasteiger partial charge in [-0.15, -0.1) is 13.2 Å². The lowest BCUT2D eigenvalue weighted by atomic mass is 9.79. The average Bonchev–Trinajstić information content (AvgIpc) is 3.05. The first-order valence-electron chi connectivity index (χ1n) is 14.1. The van der Waals surface area contributed by atoms with Crippen molar-refractivity contribution in [3.63, 3.8) is 0 Å². The van der Waals surface area contributed by atoms with Gasteiger partial charge < -0.3 is 39.5 Å². The third-order valence-electron chi connectivity index (χ3n) is 6.50. The van der Waals surface area contributed by atoms with E-state index in [1.807, 2.05) is 32.2 Å². The number of hydrogen-bond acceptors (Lipinski definition) is 8. The van der Waals surface area contributed by atoms with Gasteiger partial charge in [-0.1, -0.05) is 37.6 Å². The topological polar surface area (TPSA) is 123 Å². The van der Waals surface area contributed by atoms with Gasteiger partial charge in [0.2, 0.25) is 0 Å². The van der Waals surface area contributed by atoms with Crippen molar-refractivity contribution >= 4 is 24.2 Å². The molecule has 0 heterocycles. The molecule has 0 spiro atoms. The Hall–Kier alpha value is -4.58. The van der Waals surface area contributed by atoms with Gasteiger partial charge in [0, 0.05) is 50.4 Å². The molecule has 3 N–H and O–H groups in total. The Morgan fingerprint density at radius 2 is 1.51 bits per heavy atom. The standard InChI is InChI=1S/C23H24F3NO4.C9H13NO2.CH4O/c1-2-4-20(16-5-7-18(8-6-16)22(30)27-13-3-14-28)21(15-29)17-9-11-19(12-10-17)31-23(24,25)26;1-10-7-4-5-8(11-2)9(6-7)12-3;1-2/h5-12,14-15,20-21H,2-4,13H2,1H3,(H,27,30);4-6,10H,1-3H3;2H,1H3. The summed E-state index contributed by atoms with van der Waals surface area (Å²) in [5, 5.41) is 12.7. The van der Waals surface area contributed by atoms with E-state index in [1.165, 1.54) is 24.3 Å². The van der Waals surface area contributed by atoms with E-state index in [2.05, 4.69) is 15.4 Å². The molecule has 45 heavy (non-hydrogen) atoms. The second-order valence-electron chi connectivity index (χ2n) is 9.33. The Kier molecular flexibility index (Phi) is 17.4. The highest BCUT2D eigenvalue weighted by Crippen LogP contribution is 2.36. The molecule has 12 heteroatoms. The monoisotopic (exact) mass is 634 g/mol. The lowest BCUT2D eigenvalue weighted by Crippen LogP contribution is -2.24. The summed E-state index contributed by atoms with van der Waals surface area (Å²) >= 11 is 0. The predicted molar refractivity (Wildman–Crippen MR) is 166 cm³/mol. The summed E-state index contributed by atoms with van der Waals surface area (Å²) in [5.41, 5.74) is 2.87. The molecule has 0 aliphatic rings. The number of rotatable bonds is 14. The van der Waals surface area contributed by atoms with Crippen molar-refractivity contribution in [1.29, 1.82) is 0 Å². The molecule has 3 aromatic carbocycles. The van der Waals surface area contributed by atoms with Crippen molar-refractivity contribution in [3.8, 4) is 17.2 Å². The lowest BCUT2D eigenvalue weighted by Gasteiger charge is -2.24. The second-order valence-corrected chi connectivity index (χ2v) is 9.33. The van der Waals surface area contributed by atoms with Crippen molar-refractivity contribution in [2.75, 3.05) is 40.2 Å². The van der Waals surface area contributed by atoms with Crippen molar-refractivity contribution in [1.82, 2.24) is 5.32 Å². The number of aldehydes is 2. The molecule has 0 fully saturated rings. The molecular weight excluding hydrogens is 593 g/mol. The number of alkyl halides is 3. The van der Waals surface area contributed by atoms with Crippen LogP contribution in [-0.4, -0.2) is 64.9 Å². The average molecular weight is 635 g/mol. The Bertz CT molecular complexity index is 1300. The van der Waals surface area contributed by atoms with Gasteiger partial charge in [0.25, 0.3) is 5.91 Å². The number of carbonyl (C=O) groups is 3. The van der Waals surface area contributed by atoms with Crippen LogP contribution in [0.1, 0.15) is 59.5 Å². The third-order valence-corrected chi connectivity index (χ3v) is 6.50. The van der Waals surface area contributed by atoms with Crippen LogP contribution in [0.3, 0.4) is 0 Å². The Balaban J connectivity index is 0.000000601. The maximum atomic E-state index is 12.4. The Morgan fingerprint density at radius 1 is 0.911 bits per heavy atom. The minimum atomic E-state index is -4.78. The van der Waals surface area contributed by atoms with Crippen LogP contribution in [-0.2, 0) is 9.59 Å². The number of carbonyl (C=O) groups excluding carboxylic acids is 3. The number of halogens is 3. The molecule has 3 aromatic rings. The lowest BCUT2D eigenvalue weighted by molar-refractivity contribution is -0.274. The number of aliphatic hydroxyl groups excluding tert-OH is 1. The zero-order valence-corrected chi connectivity index (χ0v) is 26.0. The first-order valence-corrected chi connectivity index (χ1v) is 14.1. The number of benzene rings is 3. The highest BCUT2D eigenvalue weighted by molar-refractivity contribution is 5.94. The van der Waals surface area contributed by atoms with Crippen molar-refractivity contribution in [2.45, 2.75) is 44.4 Å². The van der Waals surface area contributed by atoms with Crippen molar-refractivity contribution in [3.05, 3.63) is 83.4 Å². The van der Waals surface area contributed by atoms with Gasteiger partial charge in [-0.3, -0.25) is 4.79 Å². The van der Waals surface area contributed by atoms with E-state index in [4.69, 9.17) is 14.6 Å². The van der Waals surface area contributed by atoms with Crippen molar-refractivity contribution < 1.29 is 46.9 Å². The first kappa shape index (κ1) is 38.4. The highest BCUT2D eigenvalue weighted by atomic mass is 19.4. The zero-order valence-electron chi connectivity index (χ0n) is 26.0. The number of amides is 1. The van der Waals surface area contributed by atoms with E-state index in [-0.39, 0.29) is 30.5 Å². The van der Waals surface area contributed by atoms with Gasteiger partial charge in [0.15, 0.2) is 11.5 Å². The van der Waals surface area contributed by atoms with Crippen LogP contribution in [0.2, 0.25) is 0 Å². The van der Waals surface area contributed by atoms with Gasteiger partial charge in [0.1, 0.15) is 18.3 Å². The molecule has 0 saturated carbocycles. The minimum Gasteiger partial charge on any atom is -0.493 e. The first-order chi connectivity index (χ1) is 21.6. The summed E-state index contributed by atoms with van der Waals surface area (Å²) in [7, 11) is 6.11. The quantitative estimate of drug-likeness (QED) is 0.143. The molecule has 2 unspecified atom stereocenters. The van der Waals surface area contributed by atoms with Crippen LogP contribution >= 0.6 is 0 Å². The molecule has 1 amide bonds. The van der Waals surface area contributed by atoms with E-state index < -0.39 is 12.3 Å². The SMILES string of the molecule is CCCC(c1ccc(C(=O)NCCC=O)cc1)C(C=O)c1ccc(OC(F)(F)F)cc1.CNc1ccc(OC)c(OC)c1.CO. The summed E-state index contributed by atoms with van der Waals surface area (Å²) in [5.74, 6) is 0.0718. The summed E-state index contributed by atoms with van der Waals surface area (Å²) in [4.78, 5) is 34.4. The summed E-state index contributed by atoms with van der Waals surface area (Å²) in [6, 6.07) is 17.8. The van der Waals surface area contributed by atoms with Gasteiger partial charge in [-0.25, -0.2) is 0 Å². The third kappa shape index (κ3) is 12.9. The number of methoxy groups -OCH3 is 2. The number of ether oxygens (including phenoxy) is 3. The number of anilines is 1. The fraction of sp³-hybridized carbons (Fsp3) is 0.364. The van der Waals surface area contributed by atoms with E-state index in [1.54, 1.807) is 38.5 Å². The molecule has 0 bridgehead atoms. The molecule has 246 valence electrons. The van der Waals surface area contributed by atoms with Crippen molar-refractivity contribution in [2.24, 2.45) is 0 Å². The molecule has 2 atom stereocenters. The fourth-order valence-corrected chi connectivity index (χ4v) is 4.38. The molecule has 0 aromatic heterocycles. The van der Waals surface area contributed by atoms with Crippen LogP contribution in [0.5, 0.6) is 17.2 Å². The van der Waals surface area contributed by atoms with E-state index in [0.29, 0.717) is 17.5 Å². The predicted octanol–water partition coefficient (Wildman–Crippen LogP) is 6.12. The van der Waals surface area contributed by atoms with Crippen LogP contribution in [0, 0.1) is 0 Å². The van der Waals surface area contributed by atoms with Crippen LogP contribution in [0.15, 0.2) is 66.7 Å². The van der Waals surface area contributed by atoms with Crippen LogP contribution in [0.4, 0.5) is 18.9 Å². The minimum absolute atomic E-state index is 0.205. The number of hydrogen-bond donors (Lipinski definition) is 3. The highest BCUT2D eigenvalue weighted by Gasteiger charge is 2.31. The normalized spacial score (nSPS) is 11.7. The summed E-state index contributed by atoms with van der Waals surface area (Å²) in [6.45, 7) is 2.23. The Labute approximate surface area is 261 Å². The van der Waals surface area contributed by atoms with Crippen LogP contribution < -0.4 is 24.8 Å². The number of nitrogens with one attached hydrogen (secondary N) is 2. The summed E-state index contributed by atoms with van der Waals surface area (Å²) in [6.07, 6.45) is -1.57. The van der Waals surface area contributed by atoms with E-state index >= 15 is 0 Å². The number of aliphatic hydroxyl groups is 1. The van der Waals surface area contributed by atoms with Gasteiger partial charge in [-0.05, 0) is 59.9 Å². The van der Waals surface area contributed by atoms with Gasteiger partial charge in [0.05, 0.1) is 14.2 Å². The smallest absolute Gasteiger partial charge is 0.493 e. The van der Waals surface area contributed by atoms with Gasteiger partial charge in [-0.2, -0.15) is 0 Å². The molecule has 0 aliphatic carbocycles. The summed E-state index contributed by atoms with van der Waals surface area (Å²) < 4.78 is 51.2. The molecule has 3 rings (SSSR count). The molecule has 9 nitrogen and oxygen atoms in total. The maximum absolute atomic E-state index is 12.4. The van der Waals surface area contributed by atoms with Crippen LogP contribution in [0.25, 0.3) is 0 Å². The maximum Gasteiger partial charge on any atom is 0.573 e. The largest absolute Gasteiger partial charge is 0.573 e. The molecular formula is C33H41F3N2O7. The molecule has 0 saturated heterocycles. The fourth-order valence-electron chi connectivity index (χ4n) is 4.38. The zero-order chi connectivity index (χ0) is 33.8. The molecule has 0 aliphatic heterocycles. The van der Waals surface area contributed by atoms with E-state index in [0.717, 1.165) is 48.9 Å². The van der Waals surface area contributed by atoms with Gasteiger partial charge >= 0.3 is 6.36 Å². The molecule has 0 radical (unpaired) electrons. The Morgan fingerprint density at radius 3 is 2.00 bits per heavy atom.